The molecule has 0 radical (unpaired) electrons. The van der Waals surface area contributed by atoms with E-state index in [1.165, 1.54) is 26.5 Å². The standard InChI is InChI=1S/C14H13FN2O3/c1-19-9-3-4-13(20-2)12(7-9)17-14(18)10-5-6-16-8-11(10)15/h3-8H,1-2H3,(H,17,18). The Hall–Kier alpha value is -2.63. The predicted octanol–water partition coefficient (Wildman–Crippen LogP) is 2.49. The van der Waals surface area contributed by atoms with Crippen molar-refractivity contribution in [3.63, 3.8) is 0 Å². The number of methoxy groups -OCH3 is 2. The Balaban J connectivity index is 2.29. The second-order valence-electron chi connectivity index (χ2n) is 3.88. The maximum Gasteiger partial charge on any atom is 0.258 e. The number of pyridine rings is 1. The van der Waals surface area contributed by atoms with E-state index >= 15 is 0 Å². The van der Waals surface area contributed by atoms with E-state index in [2.05, 4.69) is 10.3 Å². The van der Waals surface area contributed by atoms with Crippen LogP contribution in [-0.2, 0) is 0 Å². The van der Waals surface area contributed by atoms with Crippen LogP contribution in [0.2, 0.25) is 0 Å². The Morgan fingerprint density at radius 2 is 2.05 bits per heavy atom. The fraction of sp³-hybridized carbons (Fsp3) is 0.143. The number of ether oxygens (including phenoxy) is 2. The summed E-state index contributed by atoms with van der Waals surface area (Å²) in [4.78, 5) is 15.6. The molecule has 20 heavy (non-hydrogen) atoms. The van der Waals surface area contributed by atoms with E-state index in [0.717, 1.165) is 6.20 Å². The largest absolute Gasteiger partial charge is 0.497 e. The summed E-state index contributed by atoms with van der Waals surface area (Å²) in [5, 5.41) is 2.58. The van der Waals surface area contributed by atoms with Crippen molar-refractivity contribution in [3.05, 3.63) is 48.0 Å². The quantitative estimate of drug-likeness (QED) is 0.932. The van der Waals surface area contributed by atoms with Crippen LogP contribution in [0.3, 0.4) is 0 Å². The van der Waals surface area contributed by atoms with Crippen LogP contribution in [0.1, 0.15) is 10.4 Å². The van der Waals surface area contributed by atoms with Crippen LogP contribution in [0.15, 0.2) is 36.7 Å². The van der Waals surface area contributed by atoms with Gasteiger partial charge in [0.25, 0.3) is 5.91 Å². The zero-order valence-corrected chi connectivity index (χ0v) is 11.0. The van der Waals surface area contributed by atoms with Gasteiger partial charge in [0.05, 0.1) is 31.7 Å². The molecule has 0 fully saturated rings. The van der Waals surface area contributed by atoms with Gasteiger partial charge in [0, 0.05) is 12.3 Å². The number of benzene rings is 1. The maximum atomic E-state index is 13.5. The molecule has 1 N–H and O–H groups in total. The summed E-state index contributed by atoms with van der Waals surface area (Å²) in [5.41, 5.74) is 0.304. The van der Waals surface area contributed by atoms with Gasteiger partial charge in [0.2, 0.25) is 0 Å². The van der Waals surface area contributed by atoms with Gasteiger partial charge in [-0.15, -0.1) is 0 Å². The van der Waals surface area contributed by atoms with E-state index < -0.39 is 11.7 Å². The van der Waals surface area contributed by atoms with Crippen LogP contribution in [-0.4, -0.2) is 25.1 Å². The first-order valence-corrected chi connectivity index (χ1v) is 5.78. The second kappa shape index (κ2) is 6.01. The maximum absolute atomic E-state index is 13.5. The molecule has 104 valence electrons. The lowest BCUT2D eigenvalue weighted by atomic mass is 10.2. The van der Waals surface area contributed by atoms with Crippen molar-refractivity contribution in [3.8, 4) is 11.5 Å². The van der Waals surface area contributed by atoms with Crippen molar-refractivity contribution in [2.24, 2.45) is 0 Å². The number of anilines is 1. The fourth-order valence-electron chi connectivity index (χ4n) is 1.66. The number of hydrogen-bond donors (Lipinski definition) is 1. The molecule has 0 spiro atoms. The number of carbonyl (C=O) groups is 1. The molecule has 0 aliphatic rings. The smallest absolute Gasteiger partial charge is 0.258 e. The molecule has 2 aromatic rings. The predicted molar refractivity (Wildman–Crippen MR) is 71.7 cm³/mol. The molecular formula is C14H13FN2O3. The van der Waals surface area contributed by atoms with Gasteiger partial charge in [-0.3, -0.25) is 9.78 Å². The summed E-state index contributed by atoms with van der Waals surface area (Å²) in [7, 11) is 2.99. The molecule has 0 aliphatic heterocycles. The first kappa shape index (κ1) is 13.8. The Morgan fingerprint density at radius 3 is 2.70 bits per heavy atom. The van der Waals surface area contributed by atoms with Crippen molar-refractivity contribution in [2.45, 2.75) is 0 Å². The van der Waals surface area contributed by atoms with Crippen LogP contribution < -0.4 is 14.8 Å². The summed E-state index contributed by atoms with van der Waals surface area (Å²) < 4.78 is 23.7. The average Bonchev–Trinajstić information content (AvgIpc) is 2.47. The molecular weight excluding hydrogens is 263 g/mol. The number of aromatic nitrogens is 1. The monoisotopic (exact) mass is 276 g/mol. The van der Waals surface area contributed by atoms with Gasteiger partial charge in [-0.05, 0) is 18.2 Å². The lowest BCUT2D eigenvalue weighted by Gasteiger charge is -2.11. The number of rotatable bonds is 4. The minimum Gasteiger partial charge on any atom is -0.497 e. The molecule has 0 aliphatic carbocycles. The molecule has 2 rings (SSSR count). The van der Waals surface area contributed by atoms with E-state index in [1.54, 1.807) is 18.2 Å². The highest BCUT2D eigenvalue weighted by atomic mass is 19.1. The van der Waals surface area contributed by atoms with Crippen LogP contribution in [0.25, 0.3) is 0 Å². The van der Waals surface area contributed by atoms with Crippen molar-refractivity contribution in [2.75, 3.05) is 19.5 Å². The third kappa shape index (κ3) is 2.85. The lowest BCUT2D eigenvalue weighted by Crippen LogP contribution is -2.14. The van der Waals surface area contributed by atoms with E-state index in [-0.39, 0.29) is 5.56 Å². The SMILES string of the molecule is COc1ccc(OC)c(NC(=O)c2ccncc2F)c1. The lowest BCUT2D eigenvalue weighted by molar-refractivity contribution is 0.102. The minimum absolute atomic E-state index is 0.0927. The first-order chi connectivity index (χ1) is 9.65. The highest BCUT2D eigenvalue weighted by Crippen LogP contribution is 2.29. The van der Waals surface area contributed by atoms with Crippen molar-refractivity contribution in [1.82, 2.24) is 4.98 Å². The van der Waals surface area contributed by atoms with Crippen molar-refractivity contribution < 1.29 is 18.7 Å². The van der Waals surface area contributed by atoms with Crippen molar-refractivity contribution >= 4 is 11.6 Å². The zero-order valence-electron chi connectivity index (χ0n) is 11.0. The van der Waals surface area contributed by atoms with E-state index in [1.807, 2.05) is 0 Å². The summed E-state index contributed by atoms with van der Waals surface area (Å²) in [6.45, 7) is 0. The number of amides is 1. The van der Waals surface area contributed by atoms with Crippen LogP contribution in [0.5, 0.6) is 11.5 Å². The van der Waals surface area contributed by atoms with Crippen LogP contribution in [0, 0.1) is 5.82 Å². The molecule has 5 nitrogen and oxygen atoms in total. The van der Waals surface area contributed by atoms with E-state index in [9.17, 15) is 9.18 Å². The fourth-order valence-corrected chi connectivity index (χ4v) is 1.66. The number of hydrogen-bond acceptors (Lipinski definition) is 4. The molecule has 0 saturated carbocycles. The van der Waals surface area contributed by atoms with Crippen LogP contribution >= 0.6 is 0 Å². The minimum atomic E-state index is -0.688. The third-order valence-corrected chi connectivity index (χ3v) is 2.67. The van der Waals surface area contributed by atoms with Gasteiger partial charge in [-0.2, -0.15) is 0 Å². The summed E-state index contributed by atoms with van der Waals surface area (Å²) in [5.74, 6) is -0.270. The Morgan fingerprint density at radius 1 is 1.25 bits per heavy atom. The number of nitrogens with one attached hydrogen (secondary N) is 1. The molecule has 1 aromatic carbocycles. The third-order valence-electron chi connectivity index (χ3n) is 2.67. The Kier molecular flexibility index (Phi) is 4.14. The van der Waals surface area contributed by atoms with Gasteiger partial charge >= 0.3 is 0 Å². The topological polar surface area (TPSA) is 60.5 Å². The molecule has 0 saturated heterocycles. The number of halogens is 1. The normalized spacial score (nSPS) is 9.95. The molecule has 6 heteroatoms. The van der Waals surface area contributed by atoms with Crippen LogP contribution in [0.4, 0.5) is 10.1 Å². The molecule has 0 atom stereocenters. The van der Waals surface area contributed by atoms with Crippen molar-refractivity contribution in [1.29, 1.82) is 0 Å². The highest BCUT2D eigenvalue weighted by molar-refractivity contribution is 6.05. The molecule has 1 aromatic heterocycles. The summed E-state index contributed by atoms with van der Waals surface area (Å²) >= 11 is 0. The molecule has 1 heterocycles. The summed E-state index contributed by atoms with van der Waals surface area (Å²) in [6.07, 6.45) is 2.33. The van der Waals surface area contributed by atoms with E-state index in [0.29, 0.717) is 17.2 Å². The summed E-state index contributed by atoms with van der Waals surface area (Å²) in [6, 6.07) is 6.24. The van der Waals surface area contributed by atoms with Gasteiger partial charge in [0.1, 0.15) is 11.5 Å². The van der Waals surface area contributed by atoms with E-state index in [4.69, 9.17) is 9.47 Å². The average molecular weight is 276 g/mol. The highest BCUT2D eigenvalue weighted by Gasteiger charge is 2.14. The number of nitrogens with zero attached hydrogens (tertiary/aromatic N) is 1. The van der Waals surface area contributed by atoms with Gasteiger partial charge in [0.15, 0.2) is 5.82 Å². The van der Waals surface area contributed by atoms with Gasteiger partial charge in [-0.1, -0.05) is 0 Å². The second-order valence-corrected chi connectivity index (χ2v) is 3.88. The van der Waals surface area contributed by atoms with Gasteiger partial charge < -0.3 is 14.8 Å². The molecule has 0 bridgehead atoms. The number of carbonyl (C=O) groups excluding carboxylic acids is 1. The molecule has 1 amide bonds. The first-order valence-electron chi connectivity index (χ1n) is 5.78. The zero-order chi connectivity index (χ0) is 14.5. The Labute approximate surface area is 115 Å². The van der Waals surface area contributed by atoms with Gasteiger partial charge in [-0.25, -0.2) is 4.39 Å². The molecule has 0 unspecified atom stereocenters. The Bertz CT molecular complexity index is 632.